The summed E-state index contributed by atoms with van der Waals surface area (Å²) < 4.78 is 25.9. The van der Waals surface area contributed by atoms with Gasteiger partial charge in [0, 0.05) is 18.0 Å². The molecule has 0 saturated heterocycles. The maximum absolute atomic E-state index is 12.8. The summed E-state index contributed by atoms with van der Waals surface area (Å²) in [5, 5.41) is 4.09. The third kappa shape index (κ3) is 3.88. The molecule has 7 heteroatoms. The van der Waals surface area contributed by atoms with Gasteiger partial charge >= 0.3 is 0 Å². The Balaban J connectivity index is 2.37. The predicted molar refractivity (Wildman–Crippen MR) is 89.0 cm³/mol. The van der Waals surface area contributed by atoms with Crippen LogP contribution in [0.3, 0.4) is 0 Å². The molecule has 0 bridgehead atoms. The molecular formula is C15H16ClNO3S2. The summed E-state index contributed by atoms with van der Waals surface area (Å²) in [5.41, 5.74) is 0.606. The monoisotopic (exact) mass is 357 g/mol. The van der Waals surface area contributed by atoms with Crippen molar-refractivity contribution < 1.29 is 13.2 Å². The lowest BCUT2D eigenvalue weighted by Crippen LogP contribution is -2.31. The molecular weight excluding hydrogens is 342 g/mol. The van der Waals surface area contributed by atoms with Gasteiger partial charge in [-0.2, -0.15) is 0 Å². The second-order valence-electron chi connectivity index (χ2n) is 4.67. The summed E-state index contributed by atoms with van der Waals surface area (Å²) in [7, 11) is -3.57. The minimum atomic E-state index is -3.57. The first-order valence-corrected chi connectivity index (χ1v) is 9.55. The fourth-order valence-electron chi connectivity index (χ4n) is 1.98. The van der Waals surface area contributed by atoms with Gasteiger partial charge in [-0.3, -0.25) is 4.79 Å². The molecule has 0 aliphatic rings. The van der Waals surface area contributed by atoms with Crippen LogP contribution >= 0.6 is 22.9 Å². The van der Waals surface area contributed by atoms with Crippen molar-refractivity contribution in [2.24, 2.45) is 0 Å². The van der Waals surface area contributed by atoms with E-state index in [1.165, 1.54) is 11.3 Å². The van der Waals surface area contributed by atoms with Crippen LogP contribution in [0.1, 0.15) is 24.2 Å². The standard InChI is InChI=1S/C15H16ClNO3S2/c1-2-14(18)17-10-13(11-5-7-12(16)8-6-11)22(19,20)15-4-3-9-21-15/h3-9,13H,2,10H2,1H3,(H,17,18)/t13-/m0/s1. The van der Waals surface area contributed by atoms with E-state index in [0.29, 0.717) is 17.0 Å². The predicted octanol–water partition coefficient (Wildman–Crippen LogP) is 3.44. The average molecular weight is 358 g/mol. The van der Waals surface area contributed by atoms with Gasteiger partial charge in [0.05, 0.1) is 0 Å². The highest BCUT2D eigenvalue weighted by Crippen LogP contribution is 2.31. The van der Waals surface area contributed by atoms with Crippen LogP contribution in [-0.2, 0) is 14.6 Å². The van der Waals surface area contributed by atoms with E-state index < -0.39 is 15.1 Å². The van der Waals surface area contributed by atoms with Gasteiger partial charge in [0.15, 0.2) is 9.84 Å². The van der Waals surface area contributed by atoms with Gasteiger partial charge in [-0.1, -0.05) is 36.7 Å². The Morgan fingerprint density at radius 3 is 2.50 bits per heavy atom. The lowest BCUT2D eigenvalue weighted by atomic mass is 10.1. The SMILES string of the molecule is CCC(=O)NC[C@@H](c1ccc(Cl)cc1)S(=O)(=O)c1cccs1. The molecule has 0 radical (unpaired) electrons. The van der Waals surface area contributed by atoms with Gasteiger partial charge in [-0.25, -0.2) is 8.42 Å². The van der Waals surface area contributed by atoms with Crippen molar-refractivity contribution >= 4 is 38.7 Å². The second kappa shape index (κ2) is 7.26. The first kappa shape index (κ1) is 17.0. The number of carbonyl (C=O) groups is 1. The molecule has 1 atom stereocenters. The molecule has 22 heavy (non-hydrogen) atoms. The Hall–Kier alpha value is -1.37. The zero-order chi connectivity index (χ0) is 16.2. The van der Waals surface area contributed by atoms with Crippen molar-refractivity contribution in [3.05, 3.63) is 52.4 Å². The van der Waals surface area contributed by atoms with Crippen LogP contribution < -0.4 is 5.32 Å². The number of halogens is 1. The first-order chi connectivity index (χ1) is 10.4. The summed E-state index contributed by atoms with van der Waals surface area (Å²) in [5.74, 6) is -0.180. The van der Waals surface area contributed by atoms with E-state index >= 15 is 0 Å². The van der Waals surface area contributed by atoms with E-state index in [9.17, 15) is 13.2 Å². The first-order valence-electron chi connectivity index (χ1n) is 6.74. The highest BCUT2D eigenvalue weighted by molar-refractivity contribution is 7.93. The van der Waals surface area contributed by atoms with Crippen molar-refractivity contribution in [3.8, 4) is 0 Å². The van der Waals surface area contributed by atoms with Crippen LogP contribution in [0.5, 0.6) is 0 Å². The molecule has 118 valence electrons. The average Bonchev–Trinajstić information content (AvgIpc) is 3.04. The topological polar surface area (TPSA) is 63.2 Å². The number of benzene rings is 1. The van der Waals surface area contributed by atoms with E-state index in [4.69, 9.17) is 11.6 Å². The van der Waals surface area contributed by atoms with Gasteiger partial charge < -0.3 is 5.32 Å². The Morgan fingerprint density at radius 1 is 1.27 bits per heavy atom. The minimum Gasteiger partial charge on any atom is -0.354 e. The number of nitrogens with one attached hydrogen (secondary N) is 1. The number of hydrogen-bond donors (Lipinski definition) is 1. The highest BCUT2D eigenvalue weighted by atomic mass is 35.5. The summed E-state index contributed by atoms with van der Waals surface area (Å²) >= 11 is 7.03. The maximum Gasteiger partial charge on any atom is 0.219 e. The van der Waals surface area contributed by atoms with E-state index in [1.54, 1.807) is 48.7 Å². The van der Waals surface area contributed by atoms with Crippen molar-refractivity contribution in [1.82, 2.24) is 5.32 Å². The van der Waals surface area contributed by atoms with Gasteiger partial charge in [-0.15, -0.1) is 11.3 Å². The van der Waals surface area contributed by atoms with Crippen LogP contribution in [-0.4, -0.2) is 20.9 Å². The molecule has 1 heterocycles. The number of sulfone groups is 1. The molecule has 0 fully saturated rings. The molecule has 0 spiro atoms. The summed E-state index contributed by atoms with van der Waals surface area (Å²) in [6, 6.07) is 9.92. The summed E-state index contributed by atoms with van der Waals surface area (Å²) in [6.07, 6.45) is 0.312. The third-order valence-corrected chi connectivity index (χ3v) is 6.98. The van der Waals surface area contributed by atoms with E-state index in [1.807, 2.05) is 0 Å². The smallest absolute Gasteiger partial charge is 0.219 e. The Kier molecular flexibility index (Phi) is 5.61. The summed E-state index contributed by atoms with van der Waals surface area (Å²) in [4.78, 5) is 11.5. The van der Waals surface area contributed by atoms with Crippen molar-refractivity contribution in [3.63, 3.8) is 0 Å². The minimum absolute atomic E-state index is 0.0362. The largest absolute Gasteiger partial charge is 0.354 e. The Morgan fingerprint density at radius 2 is 1.95 bits per heavy atom. The fraction of sp³-hybridized carbons (Fsp3) is 0.267. The lowest BCUT2D eigenvalue weighted by molar-refractivity contribution is -0.120. The van der Waals surface area contributed by atoms with Gasteiger partial charge in [0.2, 0.25) is 5.91 Å². The van der Waals surface area contributed by atoms with E-state index in [2.05, 4.69) is 5.32 Å². The second-order valence-corrected chi connectivity index (χ2v) is 8.42. The molecule has 2 aromatic rings. The van der Waals surface area contributed by atoms with Gasteiger partial charge in [0.1, 0.15) is 9.46 Å². The summed E-state index contributed by atoms with van der Waals surface area (Å²) in [6.45, 7) is 1.76. The molecule has 0 aliphatic heterocycles. The Labute approximate surface area is 139 Å². The zero-order valence-corrected chi connectivity index (χ0v) is 14.3. The third-order valence-electron chi connectivity index (χ3n) is 3.20. The molecule has 0 aliphatic carbocycles. The van der Waals surface area contributed by atoms with Crippen LogP contribution in [0.4, 0.5) is 0 Å². The van der Waals surface area contributed by atoms with Crippen molar-refractivity contribution in [2.75, 3.05) is 6.54 Å². The van der Waals surface area contributed by atoms with Crippen molar-refractivity contribution in [2.45, 2.75) is 22.8 Å². The number of rotatable bonds is 6. The molecule has 0 unspecified atom stereocenters. The normalized spacial score (nSPS) is 12.8. The van der Waals surface area contributed by atoms with Crippen LogP contribution in [0.25, 0.3) is 0 Å². The number of thiophene rings is 1. The van der Waals surface area contributed by atoms with Gasteiger partial charge in [-0.05, 0) is 29.1 Å². The molecule has 4 nitrogen and oxygen atoms in total. The number of carbonyl (C=O) groups excluding carboxylic acids is 1. The molecule has 1 aromatic heterocycles. The quantitative estimate of drug-likeness (QED) is 0.861. The number of hydrogen-bond acceptors (Lipinski definition) is 4. The van der Waals surface area contributed by atoms with Crippen molar-refractivity contribution in [1.29, 1.82) is 0 Å². The van der Waals surface area contributed by atoms with Crippen LogP contribution in [0.15, 0.2) is 46.0 Å². The Bertz CT molecular complexity index is 725. The molecule has 2 rings (SSSR count). The molecule has 1 aromatic carbocycles. The zero-order valence-electron chi connectivity index (χ0n) is 12.0. The van der Waals surface area contributed by atoms with Crippen LogP contribution in [0.2, 0.25) is 5.02 Å². The molecule has 1 N–H and O–H groups in total. The molecule has 1 amide bonds. The maximum atomic E-state index is 12.8. The fourth-order valence-corrected chi connectivity index (χ4v) is 4.97. The van der Waals surface area contributed by atoms with Gasteiger partial charge in [0.25, 0.3) is 0 Å². The molecule has 0 saturated carbocycles. The number of amides is 1. The van der Waals surface area contributed by atoms with E-state index in [0.717, 1.165) is 0 Å². The highest BCUT2D eigenvalue weighted by Gasteiger charge is 2.30. The lowest BCUT2D eigenvalue weighted by Gasteiger charge is -2.18. The van der Waals surface area contributed by atoms with E-state index in [-0.39, 0.29) is 16.7 Å². The van der Waals surface area contributed by atoms with Crippen LogP contribution in [0, 0.1) is 0 Å².